The van der Waals surface area contributed by atoms with Crippen molar-refractivity contribution < 1.29 is 14.0 Å². The lowest BCUT2D eigenvalue weighted by Crippen LogP contribution is -2.46. The number of rotatable bonds is 4. The van der Waals surface area contributed by atoms with Gasteiger partial charge in [0.25, 0.3) is 5.91 Å². The molecule has 154 valence electrons. The monoisotopic (exact) mass is 402 g/mol. The molecule has 3 aromatic rings. The number of nitrogens with zero attached hydrogens (tertiary/aromatic N) is 1. The van der Waals surface area contributed by atoms with Crippen LogP contribution in [0.5, 0.6) is 0 Å². The minimum Gasteiger partial charge on any atom is -0.464 e. The number of aryl methyl sites for hydroxylation is 2. The van der Waals surface area contributed by atoms with Gasteiger partial charge >= 0.3 is 0 Å². The highest BCUT2D eigenvalue weighted by Crippen LogP contribution is 2.30. The smallest absolute Gasteiger partial charge is 0.251 e. The van der Waals surface area contributed by atoms with Gasteiger partial charge in [0.05, 0.1) is 12.7 Å². The molecule has 1 saturated heterocycles. The van der Waals surface area contributed by atoms with Gasteiger partial charge in [0.1, 0.15) is 5.58 Å². The van der Waals surface area contributed by atoms with Crippen molar-refractivity contribution in [3.05, 3.63) is 71.0 Å². The summed E-state index contributed by atoms with van der Waals surface area (Å²) < 4.78 is 5.75. The van der Waals surface area contributed by atoms with Crippen LogP contribution in [0.4, 0.5) is 0 Å². The van der Waals surface area contributed by atoms with Crippen LogP contribution in [0.2, 0.25) is 0 Å². The van der Waals surface area contributed by atoms with E-state index in [0.717, 1.165) is 42.2 Å². The Balaban J connectivity index is 1.18. The molecule has 1 aliphatic carbocycles. The Hall–Kier alpha value is -3.08. The van der Waals surface area contributed by atoms with E-state index in [0.29, 0.717) is 25.1 Å². The normalized spacial score (nSPS) is 16.6. The summed E-state index contributed by atoms with van der Waals surface area (Å²) in [6.45, 7) is 1.34. The number of carbonyl (C=O) groups is 2. The van der Waals surface area contributed by atoms with Crippen LogP contribution in [0.15, 0.2) is 53.1 Å². The van der Waals surface area contributed by atoms with Crippen molar-refractivity contribution in [2.45, 2.75) is 44.6 Å². The highest BCUT2D eigenvalue weighted by molar-refractivity contribution is 5.94. The number of furan rings is 1. The fourth-order valence-electron chi connectivity index (χ4n) is 4.69. The Labute approximate surface area is 176 Å². The summed E-state index contributed by atoms with van der Waals surface area (Å²) in [5.41, 5.74) is 5.32. The Morgan fingerprint density at radius 3 is 2.53 bits per heavy atom. The van der Waals surface area contributed by atoms with Gasteiger partial charge in [0.2, 0.25) is 5.91 Å². The molecule has 1 aliphatic heterocycles. The molecular formula is C25H26N2O3. The lowest BCUT2D eigenvalue weighted by molar-refractivity contribution is -0.131. The maximum absolute atomic E-state index is 12.9. The molecule has 0 spiro atoms. The van der Waals surface area contributed by atoms with E-state index in [-0.39, 0.29) is 17.9 Å². The van der Waals surface area contributed by atoms with E-state index in [4.69, 9.17) is 4.42 Å². The summed E-state index contributed by atoms with van der Waals surface area (Å²) in [5.74, 6) is 0.0869. The van der Waals surface area contributed by atoms with Gasteiger partial charge in [-0.2, -0.15) is 0 Å². The van der Waals surface area contributed by atoms with Gasteiger partial charge in [-0.15, -0.1) is 0 Å². The predicted octanol–water partition coefficient (Wildman–Crippen LogP) is 3.89. The van der Waals surface area contributed by atoms with Gasteiger partial charge < -0.3 is 14.6 Å². The first-order valence-corrected chi connectivity index (χ1v) is 10.8. The molecule has 1 N–H and O–H groups in total. The zero-order valence-corrected chi connectivity index (χ0v) is 17.0. The summed E-state index contributed by atoms with van der Waals surface area (Å²) in [5, 5.41) is 4.17. The average Bonchev–Trinajstić information content (AvgIpc) is 3.39. The van der Waals surface area contributed by atoms with Gasteiger partial charge in [-0.05, 0) is 67.5 Å². The van der Waals surface area contributed by atoms with Gasteiger partial charge in [0, 0.05) is 35.6 Å². The van der Waals surface area contributed by atoms with E-state index < -0.39 is 0 Å². The molecule has 2 amide bonds. The SMILES string of the molecule is O=C(NC1CCN(C(=O)Cc2coc3cc4c(cc23)CCC4)CC1)c1ccccc1. The van der Waals surface area contributed by atoms with Crippen LogP contribution in [0.3, 0.4) is 0 Å². The van der Waals surface area contributed by atoms with Crippen LogP contribution in [0, 0.1) is 0 Å². The minimum absolute atomic E-state index is 0.0437. The quantitative estimate of drug-likeness (QED) is 0.720. The lowest BCUT2D eigenvalue weighted by atomic mass is 10.0. The van der Waals surface area contributed by atoms with Crippen molar-refractivity contribution >= 4 is 22.8 Å². The van der Waals surface area contributed by atoms with E-state index in [1.165, 1.54) is 17.5 Å². The van der Waals surface area contributed by atoms with Gasteiger partial charge in [-0.3, -0.25) is 9.59 Å². The Kier molecular flexibility index (Phi) is 5.03. The number of fused-ring (bicyclic) bond motifs is 2. The number of piperidine rings is 1. The summed E-state index contributed by atoms with van der Waals surface area (Å²) in [6.07, 6.45) is 7.11. The van der Waals surface area contributed by atoms with Crippen molar-refractivity contribution in [2.75, 3.05) is 13.1 Å². The van der Waals surface area contributed by atoms with E-state index in [9.17, 15) is 9.59 Å². The minimum atomic E-state index is -0.0437. The zero-order chi connectivity index (χ0) is 20.5. The summed E-state index contributed by atoms with van der Waals surface area (Å²) in [6, 6.07) is 13.7. The predicted molar refractivity (Wildman–Crippen MR) is 115 cm³/mol. The van der Waals surface area contributed by atoms with Gasteiger partial charge in [-0.25, -0.2) is 0 Å². The number of hydrogen-bond acceptors (Lipinski definition) is 3. The number of likely N-dealkylation sites (tertiary alicyclic amines) is 1. The second-order valence-electron chi connectivity index (χ2n) is 8.40. The molecule has 0 bridgehead atoms. The highest BCUT2D eigenvalue weighted by Gasteiger charge is 2.25. The van der Waals surface area contributed by atoms with E-state index in [1.54, 1.807) is 6.26 Å². The van der Waals surface area contributed by atoms with E-state index in [1.807, 2.05) is 35.2 Å². The summed E-state index contributed by atoms with van der Waals surface area (Å²) in [7, 11) is 0. The number of nitrogens with one attached hydrogen (secondary N) is 1. The Bertz CT molecular complexity index is 1080. The van der Waals surface area contributed by atoms with Crippen LogP contribution in [0.1, 0.15) is 46.3 Å². The topological polar surface area (TPSA) is 62.6 Å². The maximum Gasteiger partial charge on any atom is 0.251 e. The molecule has 0 saturated carbocycles. The molecule has 5 nitrogen and oxygen atoms in total. The third-order valence-electron chi connectivity index (χ3n) is 6.43. The molecular weight excluding hydrogens is 376 g/mol. The average molecular weight is 402 g/mol. The summed E-state index contributed by atoms with van der Waals surface area (Å²) >= 11 is 0. The molecule has 0 atom stereocenters. The second-order valence-corrected chi connectivity index (χ2v) is 8.40. The van der Waals surface area contributed by atoms with Crippen molar-refractivity contribution in [3.8, 4) is 0 Å². The molecule has 0 unspecified atom stereocenters. The van der Waals surface area contributed by atoms with E-state index >= 15 is 0 Å². The number of benzene rings is 2. The van der Waals surface area contributed by atoms with Crippen LogP contribution < -0.4 is 5.32 Å². The molecule has 2 heterocycles. The Morgan fingerprint density at radius 2 is 1.77 bits per heavy atom. The third-order valence-corrected chi connectivity index (χ3v) is 6.43. The van der Waals surface area contributed by atoms with Crippen LogP contribution >= 0.6 is 0 Å². The van der Waals surface area contributed by atoms with Crippen LogP contribution in [-0.4, -0.2) is 35.8 Å². The van der Waals surface area contributed by atoms with Crippen molar-refractivity contribution in [1.82, 2.24) is 10.2 Å². The number of carbonyl (C=O) groups excluding carboxylic acids is 2. The first-order chi connectivity index (χ1) is 14.7. The van der Waals surface area contributed by atoms with E-state index in [2.05, 4.69) is 17.4 Å². The van der Waals surface area contributed by atoms with Crippen LogP contribution in [0.25, 0.3) is 11.0 Å². The van der Waals surface area contributed by atoms with Crippen LogP contribution in [-0.2, 0) is 24.1 Å². The van der Waals surface area contributed by atoms with Crippen molar-refractivity contribution in [3.63, 3.8) is 0 Å². The Morgan fingerprint density at radius 1 is 1.03 bits per heavy atom. The second kappa shape index (κ2) is 7.98. The molecule has 5 heteroatoms. The molecule has 1 fully saturated rings. The van der Waals surface area contributed by atoms with Crippen molar-refractivity contribution in [2.24, 2.45) is 0 Å². The molecule has 1 aromatic heterocycles. The molecule has 2 aromatic carbocycles. The first kappa shape index (κ1) is 18.9. The zero-order valence-electron chi connectivity index (χ0n) is 17.0. The molecule has 5 rings (SSSR count). The first-order valence-electron chi connectivity index (χ1n) is 10.8. The molecule has 2 aliphatic rings. The standard InChI is InChI=1S/C25H26N2O3/c28-24(15-20-16-30-23-14-19-8-4-7-18(19)13-22(20)23)27-11-9-21(10-12-27)26-25(29)17-5-2-1-3-6-17/h1-3,5-6,13-14,16,21H,4,7-12,15H2,(H,26,29). The van der Waals surface area contributed by atoms with Gasteiger partial charge in [0.15, 0.2) is 0 Å². The lowest BCUT2D eigenvalue weighted by Gasteiger charge is -2.32. The van der Waals surface area contributed by atoms with Crippen molar-refractivity contribution in [1.29, 1.82) is 0 Å². The highest BCUT2D eigenvalue weighted by atomic mass is 16.3. The molecule has 0 radical (unpaired) electrons. The largest absolute Gasteiger partial charge is 0.464 e. The third kappa shape index (κ3) is 3.72. The molecule has 30 heavy (non-hydrogen) atoms. The number of amides is 2. The summed E-state index contributed by atoms with van der Waals surface area (Å²) in [4.78, 5) is 27.1. The fourth-order valence-corrected chi connectivity index (χ4v) is 4.69. The van der Waals surface area contributed by atoms with Gasteiger partial charge in [-0.1, -0.05) is 18.2 Å². The maximum atomic E-state index is 12.9. The number of hydrogen-bond donors (Lipinski definition) is 1. The fraction of sp³-hybridized carbons (Fsp3) is 0.360.